The summed E-state index contributed by atoms with van der Waals surface area (Å²) in [4.78, 5) is 0. The lowest BCUT2D eigenvalue weighted by Gasteiger charge is -2.22. The second-order valence-electron chi connectivity index (χ2n) is 5.81. The van der Waals surface area contributed by atoms with Crippen LogP contribution in [0.3, 0.4) is 0 Å². The van der Waals surface area contributed by atoms with Crippen LogP contribution in [0.25, 0.3) is 0 Å². The van der Waals surface area contributed by atoms with Crippen molar-refractivity contribution in [3.8, 4) is 0 Å². The standard InChI is InChI=1S/C19H22/c1-15-6-5-9-18-14-17(12-13-19(15)18)11-10-16-7-3-2-4-8-16/h2-4,7-8,12-15H,5-6,9-11H2,1H3. The highest BCUT2D eigenvalue weighted by atomic mass is 14.2. The number of benzene rings is 2. The van der Waals surface area contributed by atoms with Gasteiger partial charge in [-0.1, -0.05) is 55.5 Å². The lowest BCUT2D eigenvalue weighted by atomic mass is 9.83. The number of aryl methyl sites for hydroxylation is 3. The van der Waals surface area contributed by atoms with Crippen molar-refractivity contribution in [3.05, 3.63) is 70.8 Å². The van der Waals surface area contributed by atoms with Gasteiger partial charge in [-0.15, -0.1) is 0 Å². The van der Waals surface area contributed by atoms with E-state index in [1.54, 1.807) is 11.1 Å². The van der Waals surface area contributed by atoms with Crippen LogP contribution in [0, 0.1) is 0 Å². The molecular weight excluding hydrogens is 228 g/mol. The van der Waals surface area contributed by atoms with E-state index in [0.717, 1.165) is 18.8 Å². The highest BCUT2D eigenvalue weighted by molar-refractivity contribution is 5.36. The molecule has 1 aliphatic carbocycles. The van der Waals surface area contributed by atoms with Crippen LogP contribution in [0.1, 0.15) is 47.9 Å². The fraction of sp³-hybridized carbons (Fsp3) is 0.368. The summed E-state index contributed by atoms with van der Waals surface area (Å²) in [6, 6.07) is 18.0. The Morgan fingerprint density at radius 2 is 1.74 bits per heavy atom. The van der Waals surface area contributed by atoms with Crippen molar-refractivity contribution in [3.63, 3.8) is 0 Å². The van der Waals surface area contributed by atoms with Crippen LogP contribution in [-0.4, -0.2) is 0 Å². The average molecular weight is 250 g/mol. The molecule has 0 heteroatoms. The Morgan fingerprint density at radius 1 is 0.947 bits per heavy atom. The summed E-state index contributed by atoms with van der Waals surface area (Å²) in [5.41, 5.74) is 6.13. The molecule has 0 aliphatic heterocycles. The average Bonchev–Trinajstić information content (AvgIpc) is 2.46. The lowest BCUT2D eigenvalue weighted by Crippen LogP contribution is -2.07. The number of rotatable bonds is 3. The first-order valence-electron chi connectivity index (χ1n) is 7.48. The van der Waals surface area contributed by atoms with Gasteiger partial charge in [0, 0.05) is 0 Å². The van der Waals surface area contributed by atoms with E-state index >= 15 is 0 Å². The van der Waals surface area contributed by atoms with Crippen molar-refractivity contribution in [2.75, 3.05) is 0 Å². The molecule has 98 valence electrons. The maximum atomic E-state index is 2.45. The highest BCUT2D eigenvalue weighted by Gasteiger charge is 2.16. The van der Waals surface area contributed by atoms with Gasteiger partial charge in [0.1, 0.15) is 0 Å². The summed E-state index contributed by atoms with van der Waals surface area (Å²) in [5.74, 6) is 0.756. The van der Waals surface area contributed by atoms with Gasteiger partial charge in [-0.25, -0.2) is 0 Å². The van der Waals surface area contributed by atoms with Crippen LogP contribution < -0.4 is 0 Å². The molecule has 1 unspecified atom stereocenters. The van der Waals surface area contributed by atoms with Crippen LogP contribution in [0.15, 0.2) is 48.5 Å². The summed E-state index contributed by atoms with van der Waals surface area (Å²) in [7, 11) is 0. The molecule has 0 heterocycles. The molecule has 3 rings (SSSR count). The smallest absolute Gasteiger partial charge is 0.0188 e. The van der Waals surface area contributed by atoms with Gasteiger partial charge in [0.2, 0.25) is 0 Å². The fourth-order valence-corrected chi connectivity index (χ4v) is 3.20. The summed E-state index contributed by atoms with van der Waals surface area (Å²) >= 11 is 0. The summed E-state index contributed by atoms with van der Waals surface area (Å²) in [6.45, 7) is 2.36. The molecule has 0 saturated heterocycles. The zero-order valence-electron chi connectivity index (χ0n) is 11.7. The second kappa shape index (κ2) is 5.61. The van der Waals surface area contributed by atoms with Gasteiger partial charge in [0.05, 0.1) is 0 Å². The van der Waals surface area contributed by atoms with Crippen molar-refractivity contribution >= 4 is 0 Å². The lowest BCUT2D eigenvalue weighted by molar-refractivity contribution is 0.589. The minimum absolute atomic E-state index is 0.756. The monoisotopic (exact) mass is 250 g/mol. The third kappa shape index (κ3) is 2.89. The van der Waals surface area contributed by atoms with E-state index in [1.165, 1.54) is 30.4 Å². The van der Waals surface area contributed by atoms with Gasteiger partial charge in [-0.3, -0.25) is 0 Å². The van der Waals surface area contributed by atoms with Gasteiger partial charge in [0.15, 0.2) is 0 Å². The first-order valence-corrected chi connectivity index (χ1v) is 7.48. The zero-order chi connectivity index (χ0) is 13.1. The maximum Gasteiger partial charge on any atom is -0.0188 e. The molecule has 19 heavy (non-hydrogen) atoms. The first-order chi connectivity index (χ1) is 9.33. The van der Waals surface area contributed by atoms with Gasteiger partial charge >= 0.3 is 0 Å². The van der Waals surface area contributed by atoms with E-state index in [-0.39, 0.29) is 0 Å². The van der Waals surface area contributed by atoms with E-state index in [9.17, 15) is 0 Å². The zero-order valence-corrected chi connectivity index (χ0v) is 11.7. The van der Waals surface area contributed by atoms with E-state index in [0.29, 0.717) is 0 Å². The molecule has 2 aromatic carbocycles. The van der Waals surface area contributed by atoms with Gasteiger partial charge < -0.3 is 0 Å². The van der Waals surface area contributed by atoms with Gasteiger partial charge in [-0.05, 0) is 60.3 Å². The molecule has 0 fully saturated rings. The fourth-order valence-electron chi connectivity index (χ4n) is 3.20. The Kier molecular flexibility index (Phi) is 3.68. The number of fused-ring (bicyclic) bond motifs is 1. The second-order valence-corrected chi connectivity index (χ2v) is 5.81. The van der Waals surface area contributed by atoms with Crippen molar-refractivity contribution in [2.45, 2.75) is 44.9 Å². The topological polar surface area (TPSA) is 0 Å². The molecule has 0 bridgehead atoms. The Balaban J connectivity index is 1.72. The molecule has 1 aliphatic rings. The Bertz CT molecular complexity index is 539. The van der Waals surface area contributed by atoms with Crippen LogP contribution in [0.4, 0.5) is 0 Å². The Morgan fingerprint density at radius 3 is 2.58 bits per heavy atom. The molecule has 1 atom stereocenters. The summed E-state index contributed by atoms with van der Waals surface area (Å²) in [5, 5.41) is 0. The summed E-state index contributed by atoms with van der Waals surface area (Å²) < 4.78 is 0. The van der Waals surface area contributed by atoms with E-state index in [4.69, 9.17) is 0 Å². The maximum absolute atomic E-state index is 2.45. The molecule has 0 radical (unpaired) electrons. The quantitative estimate of drug-likeness (QED) is 0.726. The molecule has 2 aromatic rings. The molecule has 0 saturated carbocycles. The minimum atomic E-state index is 0.756. The normalized spacial score (nSPS) is 18.1. The first kappa shape index (κ1) is 12.5. The van der Waals surface area contributed by atoms with Crippen LogP contribution in [0.5, 0.6) is 0 Å². The Hall–Kier alpha value is -1.56. The van der Waals surface area contributed by atoms with Gasteiger partial charge in [0.25, 0.3) is 0 Å². The molecule has 0 amide bonds. The third-order valence-corrected chi connectivity index (χ3v) is 4.37. The van der Waals surface area contributed by atoms with E-state index in [1.807, 2.05) is 0 Å². The van der Waals surface area contributed by atoms with Crippen LogP contribution in [0.2, 0.25) is 0 Å². The SMILES string of the molecule is CC1CCCc2cc(CCc3ccccc3)ccc21. The molecular formula is C19H22. The van der Waals surface area contributed by atoms with Gasteiger partial charge in [-0.2, -0.15) is 0 Å². The number of hydrogen-bond acceptors (Lipinski definition) is 0. The van der Waals surface area contributed by atoms with E-state index in [2.05, 4.69) is 55.5 Å². The summed E-state index contributed by atoms with van der Waals surface area (Å²) in [6.07, 6.45) is 6.30. The van der Waals surface area contributed by atoms with Crippen molar-refractivity contribution in [1.29, 1.82) is 0 Å². The molecule has 0 aromatic heterocycles. The van der Waals surface area contributed by atoms with Crippen molar-refractivity contribution < 1.29 is 0 Å². The van der Waals surface area contributed by atoms with Crippen molar-refractivity contribution in [1.82, 2.24) is 0 Å². The van der Waals surface area contributed by atoms with E-state index < -0.39 is 0 Å². The predicted octanol–water partition coefficient (Wildman–Crippen LogP) is 4.91. The minimum Gasteiger partial charge on any atom is -0.0622 e. The highest BCUT2D eigenvalue weighted by Crippen LogP contribution is 2.31. The largest absolute Gasteiger partial charge is 0.0622 e. The Labute approximate surface area is 116 Å². The predicted molar refractivity (Wildman–Crippen MR) is 81.6 cm³/mol. The third-order valence-electron chi connectivity index (χ3n) is 4.37. The molecule has 0 spiro atoms. The van der Waals surface area contributed by atoms with Crippen molar-refractivity contribution in [2.24, 2.45) is 0 Å². The molecule has 0 nitrogen and oxygen atoms in total. The number of hydrogen-bond donors (Lipinski definition) is 0. The van der Waals surface area contributed by atoms with Crippen LogP contribution in [-0.2, 0) is 19.3 Å². The molecule has 0 N–H and O–H groups in total. The van der Waals surface area contributed by atoms with Crippen LogP contribution >= 0.6 is 0 Å².